The first-order chi connectivity index (χ1) is 17.2. The fourth-order valence-electron chi connectivity index (χ4n) is 3.06. The number of benzene rings is 3. The molecule has 0 bridgehead atoms. The summed E-state index contributed by atoms with van der Waals surface area (Å²) in [5, 5.41) is 3.20. The Morgan fingerprint density at radius 1 is 0.972 bits per heavy atom. The van der Waals surface area contributed by atoms with E-state index in [9.17, 15) is 18.0 Å². The second kappa shape index (κ2) is 12.9. The molecule has 3 rings (SSSR count). The van der Waals surface area contributed by atoms with Gasteiger partial charge in [0, 0.05) is 15.2 Å². The number of ether oxygens (including phenoxy) is 2. The van der Waals surface area contributed by atoms with Gasteiger partial charge in [0.05, 0.1) is 17.9 Å². The van der Waals surface area contributed by atoms with E-state index in [1.165, 1.54) is 12.1 Å². The second-order valence-electron chi connectivity index (χ2n) is 7.56. The van der Waals surface area contributed by atoms with E-state index >= 15 is 0 Å². The van der Waals surface area contributed by atoms with Crippen molar-refractivity contribution in [2.24, 2.45) is 0 Å². The number of halogens is 2. The van der Waals surface area contributed by atoms with Crippen molar-refractivity contribution in [2.75, 3.05) is 18.5 Å². The minimum atomic E-state index is -4.03. The number of carbonyl (C=O) groups excluding carboxylic acids is 2. The van der Waals surface area contributed by atoms with E-state index in [4.69, 9.17) is 21.1 Å². The summed E-state index contributed by atoms with van der Waals surface area (Å²) in [5.74, 6) is -0.554. The molecule has 190 valence electrons. The lowest BCUT2D eigenvalue weighted by atomic mass is 10.1. The third kappa shape index (κ3) is 8.34. The molecule has 1 amide bonds. The van der Waals surface area contributed by atoms with Gasteiger partial charge >= 0.3 is 5.97 Å². The Hall–Kier alpha value is -2.92. The molecular weight excluding hydrogens is 572 g/mol. The van der Waals surface area contributed by atoms with E-state index in [2.05, 4.69) is 26.0 Å². The number of sulfonamides is 1. The Kier molecular flexibility index (Phi) is 9.89. The molecule has 36 heavy (non-hydrogen) atoms. The maximum atomic E-state index is 13.1. The monoisotopic (exact) mass is 594 g/mol. The van der Waals surface area contributed by atoms with Crippen molar-refractivity contribution in [3.05, 3.63) is 87.9 Å². The van der Waals surface area contributed by atoms with Crippen molar-refractivity contribution in [3.8, 4) is 5.75 Å². The van der Waals surface area contributed by atoms with Gasteiger partial charge < -0.3 is 14.8 Å². The third-order valence-corrected chi connectivity index (χ3v) is 7.11. The fourth-order valence-corrected chi connectivity index (χ4v) is 4.63. The molecule has 1 atom stereocenters. The Bertz CT molecular complexity index is 1280. The molecule has 0 fully saturated rings. The molecule has 11 heteroatoms. The molecule has 0 spiro atoms. The third-order valence-electron chi connectivity index (χ3n) is 4.84. The van der Waals surface area contributed by atoms with Crippen LogP contribution in [0.3, 0.4) is 0 Å². The maximum Gasteiger partial charge on any atom is 0.310 e. The molecule has 0 aliphatic heterocycles. The van der Waals surface area contributed by atoms with E-state index in [0.29, 0.717) is 33.1 Å². The summed E-state index contributed by atoms with van der Waals surface area (Å²) in [7, 11) is -4.03. The van der Waals surface area contributed by atoms with Gasteiger partial charge in [-0.05, 0) is 73.2 Å². The van der Waals surface area contributed by atoms with Gasteiger partial charge in [-0.25, -0.2) is 8.42 Å². The van der Waals surface area contributed by atoms with Crippen molar-refractivity contribution in [2.45, 2.75) is 24.3 Å². The van der Waals surface area contributed by atoms with Crippen LogP contribution in [0, 0.1) is 0 Å². The number of anilines is 1. The minimum absolute atomic E-state index is 0.00156. The van der Waals surface area contributed by atoms with Crippen LogP contribution in [0.15, 0.2) is 82.2 Å². The molecule has 3 aromatic carbocycles. The fraction of sp³-hybridized carbons (Fsp3) is 0.200. The quantitative estimate of drug-likeness (QED) is 0.314. The first kappa shape index (κ1) is 27.7. The lowest BCUT2D eigenvalue weighted by molar-refractivity contribution is -0.142. The van der Waals surface area contributed by atoms with Crippen LogP contribution in [0.1, 0.15) is 12.5 Å². The van der Waals surface area contributed by atoms with Crippen molar-refractivity contribution < 1.29 is 27.5 Å². The highest BCUT2D eigenvalue weighted by atomic mass is 79.9. The first-order valence-corrected chi connectivity index (χ1v) is 13.5. The molecule has 0 saturated heterocycles. The zero-order valence-corrected chi connectivity index (χ0v) is 22.4. The van der Waals surface area contributed by atoms with Crippen molar-refractivity contribution in [3.63, 3.8) is 0 Å². The Morgan fingerprint density at radius 2 is 1.61 bits per heavy atom. The van der Waals surface area contributed by atoms with E-state index in [1.54, 1.807) is 67.6 Å². The van der Waals surface area contributed by atoms with E-state index in [-0.39, 0.29) is 23.9 Å². The summed E-state index contributed by atoms with van der Waals surface area (Å²) in [6.45, 7) is 1.75. The number of amides is 1. The Morgan fingerprint density at radius 3 is 2.22 bits per heavy atom. The van der Waals surface area contributed by atoms with Gasteiger partial charge in [0.25, 0.3) is 0 Å². The molecule has 0 radical (unpaired) electrons. The van der Waals surface area contributed by atoms with Crippen LogP contribution in [-0.2, 0) is 30.8 Å². The number of rotatable bonds is 11. The average Bonchev–Trinajstić information content (AvgIpc) is 2.84. The summed E-state index contributed by atoms with van der Waals surface area (Å²) in [4.78, 5) is 24.7. The second-order valence-corrected chi connectivity index (χ2v) is 10.6. The molecule has 0 aromatic heterocycles. The zero-order chi connectivity index (χ0) is 26.1. The number of nitrogens with one attached hydrogen (secondary N) is 2. The van der Waals surface area contributed by atoms with Gasteiger partial charge in [0.1, 0.15) is 18.4 Å². The molecule has 0 aliphatic carbocycles. The van der Waals surface area contributed by atoms with Crippen molar-refractivity contribution >= 4 is 55.1 Å². The van der Waals surface area contributed by atoms with E-state index in [0.717, 1.165) is 0 Å². The van der Waals surface area contributed by atoms with Crippen molar-refractivity contribution in [1.29, 1.82) is 0 Å². The molecule has 0 heterocycles. The summed E-state index contributed by atoms with van der Waals surface area (Å²) in [6.07, 6.45) is 0.104. The van der Waals surface area contributed by atoms with Gasteiger partial charge in [0.2, 0.25) is 15.9 Å². The van der Waals surface area contributed by atoms with Gasteiger partial charge in [-0.15, -0.1) is 0 Å². The van der Waals surface area contributed by atoms with Crippen LogP contribution in [0.5, 0.6) is 5.75 Å². The lowest BCUT2D eigenvalue weighted by Crippen LogP contribution is -2.47. The molecule has 8 nitrogen and oxygen atoms in total. The highest BCUT2D eigenvalue weighted by Gasteiger charge is 2.27. The van der Waals surface area contributed by atoms with E-state index in [1.807, 2.05) is 0 Å². The maximum absolute atomic E-state index is 13.1. The molecule has 3 aromatic rings. The van der Waals surface area contributed by atoms with Gasteiger partial charge in [-0.3, -0.25) is 9.59 Å². The first-order valence-electron chi connectivity index (χ1n) is 10.9. The number of hydrogen-bond acceptors (Lipinski definition) is 6. The topological polar surface area (TPSA) is 111 Å². The average molecular weight is 596 g/mol. The van der Waals surface area contributed by atoms with Gasteiger partial charge in [-0.2, -0.15) is 4.72 Å². The van der Waals surface area contributed by atoms with Crippen LogP contribution in [-0.4, -0.2) is 39.5 Å². The summed E-state index contributed by atoms with van der Waals surface area (Å²) in [6, 6.07) is 17.8. The predicted molar refractivity (Wildman–Crippen MR) is 141 cm³/mol. The Balaban J connectivity index is 1.74. The highest BCUT2D eigenvalue weighted by molar-refractivity contribution is 9.10. The normalized spacial score (nSPS) is 12.0. The zero-order valence-electron chi connectivity index (χ0n) is 19.2. The standard InChI is InChI=1S/C25H24BrClN2O6S/c1-2-34-24(30)15-17-3-9-20(10-4-17)28-25(31)23(16-35-21-11-7-19(27)8-12-21)29-36(32,33)22-13-5-18(26)6-14-22/h3-14,23,29H,2,15-16H2,1H3,(H,28,31)/t23-/m0/s1. The molecule has 0 saturated carbocycles. The highest BCUT2D eigenvalue weighted by Crippen LogP contribution is 2.18. The summed E-state index contributed by atoms with van der Waals surface area (Å²) in [5.41, 5.74) is 1.14. The van der Waals surface area contributed by atoms with Gasteiger partial charge in [0.15, 0.2) is 0 Å². The number of esters is 1. The summed E-state index contributed by atoms with van der Waals surface area (Å²) >= 11 is 9.17. The minimum Gasteiger partial charge on any atom is -0.491 e. The summed E-state index contributed by atoms with van der Waals surface area (Å²) < 4.78 is 39.6. The Labute approximate surface area is 223 Å². The largest absolute Gasteiger partial charge is 0.491 e. The van der Waals surface area contributed by atoms with Crippen molar-refractivity contribution in [1.82, 2.24) is 4.72 Å². The van der Waals surface area contributed by atoms with Gasteiger partial charge in [-0.1, -0.05) is 39.7 Å². The SMILES string of the molecule is CCOC(=O)Cc1ccc(NC(=O)[C@H](COc2ccc(Cl)cc2)NS(=O)(=O)c2ccc(Br)cc2)cc1. The van der Waals surface area contributed by atoms with Crippen LogP contribution >= 0.6 is 27.5 Å². The van der Waals surface area contributed by atoms with E-state index < -0.39 is 22.0 Å². The van der Waals surface area contributed by atoms with Crippen LogP contribution in [0.4, 0.5) is 5.69 Å². The number of carbonyl (C=O) groups is 2. The molecule has 2 N–H and O–H groups in total. The van der Waals surface area contributed by atoms with Crippen LogP contribution < -0.4 is 14.8 Å². The molecular formula is C25H24BrClN2O6S. The lowest BCUT2D eigenvalue weighted by Gasteiger charge is -2.19. The number of hydrogen-bond donors (Lipinski definition) is 2. The predicted octanol–water partition coefficient (Wildman–Crippen LogP) is 4.57. The molecule has 0 aliphatic rings. The molecule has 0 unspecified atom stereocenters. The van der Waals surface area contributed by atoms with Crippen LogP contribution in [0.25, 0.3) is 0 Å². The van der Waals surface area contributed by atoms with Crippen LogP contribution in [0.2, 0.25) is 5.02 Å². The smallest absolute Gasteiger partial charge is 0.310 e.